The number of amides is 2. The first-order valence-corrected chi connectivity index (χ1v) is 15.1. The fourth-order valence-electron chi connectivity index (χ4n) is 5.98. The van der Waals surface area contributed by atoms with Crippen LogP contribution in [-0.4, -0.2) is 47.6 Å². The number of carbonyl (C=O) groups excluding carboxylic acids is 2. The molecule has 42 heavy (non-hydrogen) atoms. The first kappa shape index (κ1) is 31.0. The number of nitrogens with one attached hydrogen (secondary N) is 3. The summed E-state index contributed by atoms with van der Waals surface area (Å²) in [5, 5.41) is 14.8. The summed E-state index contributed by atoms with van der Waals surface area (Å²) in [7, 11) is 0. The minimum absolute atomic E-state index is 0.0294. The van der Waals surface area contributed by atoms with E-state index < -0.39 is 0 Å². The van der Waals surface area contributed by atoms with Crippen molar-refractivity contribution < 1.29 is 14.7 Å². The second-order valence-corrected chi connectivity index (χ2v) is 11.3. The van der Waals surface area contributed by atoms with E-state index in [1.165, 1.54) is 19.3 Å². The number of aliphatic hydroxyl groups is 1. The van der Waals surface area contributed by atoms with Gasteiger partial charge in [-0.25, -0.2) is 0 Å². The Hall–Kier alpha value is -3.91. The van der Waals surface area contributed by atoms with E-state index in [0.29, 0.717) is 35.7 Å². The highest BCUT2D eigenvalue weighted by Gasteiger charge is 2.25. The molecule has 0 unspecified atom stereocenters. The van der Waals surface area contributed by atoms with Crippen molar-refractivity contribution in [2.24, 2.45) is 0 Å². The monoisotopic (exact) mass is 572 g/mol. The highest BCUT2D eigenvalue weighted by atomic mass is 16.3. The molecule has 0 radical (unpaired) electrons. The van der Waals surface area contributed by atoms with Crippen molar-refractivity contribution in [2.45, 2.75) is 78.8 Å². The van der Waals surface area contributed by atoms with E-state index in [4.69, 9.17) is 5.11 Å². The molecule has 4 rings (SSSR count). The van der Waals surface area contributed by atoms with Crippen molar-refractivity contribution in [3.8, 4) is 11.1 Å². The lowest BCUT2D eigenvalue weighted by Crippen LogP contribution is -2.37. The van der Waals surface area contributed by atoms with E-state index in [0.717, 1.165) is 53.0 Å². The largest absolute Gasteiger partial charge is 0.396 e. The molecule has 1 aromatic heterocycles. The Labute approximate surface area is 248 Å². The Morgan fingerprint density at radius 2 is 1.67 bits per heavy atom. The average molecular weight is 573 g/mol. The summed E-state index contributed by atoms with van der Waals surface area (Å²) in [6.45, 7) is 9.31. The smallest absolute Gasteiger partial charge is 0.253 e. The van der Waals surface area contributed by atoms with Gasteiger partial charge in [0.2, 0.25) is 0 Å². The Balaban J connectivity index is 1.69. The number of anilines is 1. The van der Waals surface area contributed by atoms with Crippen LogP contribution >= 0.6 is 0 Å². The van der Waals surface area contributed by atoms with E-state index in [1.807, 2.05) is 45.0 Å². The summed E-state index contributed by atoms with van der Waals surface area (Å²) in [6.07, 6.45) is 6.45. The zero-order chi connectivity index (χ0) is 30.2. The second-order valence-electron chi connectivity index (χ2n) is 11.3. The summed E-state index contributed by atoms with van der Waals surface area (Å²) in [5.74, 6) is -0.412. The van der Waals surface area contributed by atoms with Crippen molar-refractivity contribution in [3.63, 3.8) is 0 Å². The van der Waals surface area contributed by atoms with Gasteiger partial charge in [0.25, 0.3) is 17.4 Å². The number of hydrogen-bond donors (Lipinski definition) is 4. The van der Waals surface area contributed by atoms with Crippen LogP contribution in [0, 0.1) is 20.8 Å². The molecule has 8 heteroatoms. The molecule has 0 atom stereocenters. The van der Waals surface area contributed by atoms with Crippen molar-refractivity contribution in [1.82, 2.24) is 15.6 Å². The zero-order valence-electron chi connectivity index (χ0n) is 25.3. The Kier molecular flexibility index (Phi) is 10.6. The molecule has 8 nitrogen and oxygen atoms in total. The number of hydrogen-bond acceptors (Lipinski definition) is 5. The average Bonchev–Trinajstić information content (AvgIpc) is 2.98. The Morgan fingerprint density at radius 1 is 0.952 bits per heavy atom. The molecule has 1 aliphatic carbocycles. The molecule has 1 fully saturated rings. The molecule has 1 saturated carbocycles. The Bertz CT molecular complexity index is 1460. The molecule has 0 spiro atoms. The first-order valence-electron chi connectivity index (χ1n) is 15.1. The van der Waals surface area contributed by atoms with E-state index in [-0.39, 0.29) is 30.5 Å². The molecule has 1 aliphatic rings. The van der Waals surface area contributed by atoms with Crippen LogP contribution in [0.4, 0.5) is 5.69 Å². The van der Waals surface area contributed by atoms with Gasteiger partial charge in [-0.3, -0.25) is 14.4 Å². The van der Waals surface area contributed by atoms with Gasteiger partial charge in [-0.05, 0) is 99.5 Å². The van der Waals surface area contributed by atoms with Crippen molar-refractivity contribution >= 4 is 17.5 Å². The summed E-state index contributed by atoms with van der Waals surface area (Å²) in [6, 6.07) is 13.8. The van der Waals surface area contributed by atoms with Gasteiger partial charge in [-0.1, -0.05) is 31.4 Å². The number of benzene rings is 2. The normalized spacial score (nSPS) is 13.5. The number of H-pyrrole nitrogens is 1. The topological polar surface area (TPSA) is 115 Å². The van der Waals surface area contributed by atoms with Gasteiger partial charge in [-0.2, -0.15) is 0 Å². The van der Waals surface area contributed by atoms with Crippen LogP contribution in [0.3, 0.4) is 0 Å². The predicted octanol–water partition coefficient (Wildman–Crippen LogP) is 5.17. The maximum atomic E-state index is 13.7. The lowest BCUT2D eigenvalue weighted by molar-refractivity contribution is 0.0942. The molecule has 2 amide bonds. The van der Waals surface area contributed by atoms with Crippen molar-refractivity contribution in [3.05, 3.63) is 86.3 Å². The number of aromatic nitrogens is 1. The maximum Gasteiger partial charge on any atom is 0.253 e. The molecule has 224 valence electrons. The van der Waals surface area contributed by atoms with E-state index in [1.54, 1.807) is 12.1 Å². The van der Waals surface area contributed by atoms with E-state index >= 15 is 0 Å². The fraction of sp³-hybridized carbons (Fsp3) is 0.441. The van der Waals surface area contributed by atoms with Crippen LogP contribution in [0.15, 0.2) is 47.3 Å². The highest BCUT2D eigenvalue weighted by Crippen LogP contribution is 2.35. The zero-order valence-corrected chi connectivity index (χ0v) is 25.3. The number of rotatable bonds is 11. The highest BCUT2D eigenvalue weighted by molar-refractivity contribution is 5.99. The van der Waals surface area contributed by atoms with Crippen LogP contribution in [0.25, 0.3) is 11.1 Å². The SMILES string of the molecule is CCN(c1cc(-c2ccc(C(=O)NCCCO)cc2)cc(C(=O)NCc2c(C)cc(C)[nH]c2=O)c1C)C1CCCCC1. The third-order valence-electron chi connectivity index (χ3n) is 8.31. The summed E-state index contributed by atoms with van der Waals surface area (Å²) >= 11 is 0. The van der Waals surface area contributed by atoms with Crippen LogP contribution < -0.4 is 21.1 Å². The van der Waals surface area contributed by atoms with E-state index in [9.17, 15) is 14.4 Å². The minimum Gasteiger partial charge on any atom is -0.396 e. The first-order chi connectivity index (χ1) is 20.2. The second kappa shape index (κ2) is 14.3. The predicted molar refractivity (Wildman–Crippen MR) is 168 cm³/mol. The molecular formula is C34H44N4O4. The number of aromatic amines is 1. The molecule has 2 aromatic carbocycles. The summed E-state index contributed by atoms with van der Waals surface area (Å²) in [4.78, 5) is 44.0. The maximum absolute atomic E-state index is 13.7. The van der Waals surface area contributed by atoms with Crippen molar-refractivity contribution in [2.75, 3.05) is 24.6 Å². The molecule has 0 aliphatic heterocycles. The molecule has 0 bridgehead atoms. The lowest BCUT2D eigenvalue weighted by Gasteiger charge is -2.37. The van der Waals surface area contributed by atoms with Crippen molar-refractivity contribution in [1.29, 1.82) is 0 Å². The quantitative estimate of drug-likeness (QED) is 0.237. The number of aryl methyl sites for hydroxylation is 2. The van der Waals surface area contributed by atoms with Gasteiger partial charge in [0.1, 0.15) is 0 Å². The summed E-state index contributed by atoms with van der Waals surface area (Å²) in [5.41, 5.74) is 6.87. The molecular weight excluding hydrogens is 528 g/mol. The number of aliphatic hydroxyl groups excluding tert-OH is 1. The van der Waals surface area contributed by atoms with Gasteiger partial charge in [0.15, 0.2) is 0 Å². The molecule has 4 N–H and O–H groups in total. The van der Waals surface area contributed by atoms with Gasteiger partial charge in [-0.15, -0.1) is 0 Å². The lowest BCUT2D eigenvalue weighted by atomic mass is 9.91. The number of carbonyl (C=O) groups is 2. The van der Waals surface area contributed by atoms with Crippen LogP contribution in [0.1, 0.15) is 88.5 Å². The third-order valence-corrected chi connectivity index (χ3v) is 8.31. The molecule has 3 aromatic rings. The Morgan fingerprint density at radius 3 is 2.31 bits per heavy atom. The standard InChI is InChI=1S/C34H44N4O4/c1-5-38(28-10-7-6-8-11-28)31-20-27(25-12-14-26(15-13-25)32(40)35-16-9-17-39)19-29(24(31)4)33(41)36-21-30-22(2)18-23(3)37-34(30)42/h12-15,18-20,28,39H,5-11,16-17,21H2,1-4H3,(H,35,40)(H,36,41)(H,37,42). The molecule has 0 saturated heterocycles. The van der Waals surface area contributed by atoms with Crippen LogP contribution in [0.2, 0.25) is 0 Å². The van der Waals surface area contributed by atoms with Crippen LogP contribution in [-0.2, 0) is 6.54 Å². The fourth-order valence-corrected chi connectivity index (χ4v) is 5.98. The van der Waals surface area contributed by atoms with E-state index in [2.05, 4.69) is 33.5 Å². The minimum atomic E-state index is -0.227. The third kappa shape index (κ3) is 7.29. The van der Waals surface area contributed by atoms with Crippen LogP contribution in [0.5, 0.6) is 0 Å². The van der Waals surface area contributed by atoms with Gasteiger partial charge < -0.3 is 25.6 Å². The van der Waals surface area contributed by atoms with Gasteiger partial charge in [0.05, 0.1) is 0 Å². The number of nitrogens with zero attached hydrogens (tertiary/aromatic N) is 1. The van der Waals surface area contributed by atoms with Gasteiger partial charge in [0, 0.05) is 60.4 Å². The summed E-state index contributed by atoms with van der Waals surface area (Å²) < 4.78 is 0. The van der Waals surface area contributed by atoms with Gasteiger partial charge >= 0.3 is 0 Å². The number of pyridine rings is 1. The molecule has 1 heterocycles.